The monoisotopic (exact) mass is 246 g/mol. The molecule has 1 aromatic rings. The van der Waals surface area contributed by atoms with Gasteiger partial charge in [-0.05, 0) is 38.7 Å². The maximum atomic E-state index is 12.1. The van der Waals surface area contributed by atoms with Gasteiger partial charge >= 0.3 is 6.09 Å². The van der Waals surface area contributed by atoms with E-state index in [0.717, 1.165) is 24.9 Å². The molecule has 0 spiro atoms. The first-order chi connectivity index (χ1) is 8.59. The van der Waals surface area contributed by atoms with E-state index in [1.54, 1.807) is 0 Å². The average Bonchev–Trinajstić information content (AvgIpc) is 2.37. The lowest BCUT2D eigenvalue weighted by Crippen LogP contribution is -2.50. The first kappa shape index (κ1) is 12.9. The summed E-state index contributed by atoms with van der Waals surface area (Å²) in [7, 11) is 0. The lowest BCUT2D eigenvalue weighted by Gasteiger charge is -2.41. The number of rotatable bonds is 2. The van der Waals surface area contributed by atoms with Crippen LogP contribution >= 0.6 is 0 Å². The van der Waals surface area contributed by atoms with Crippen LogP contribution in [0, 0.1) is 6.42 Å². The van der Waals surface area contributed by atoms with E-state index in [4.69, 9.17) is 4.74 Å². The Morgan fingerprint density at radius 1 is 1.33 bits per heavy atom. The van der Waals surface area contributed by atoms with Crippen LogP contribution < -0.4 is 0 Å². The first-order valence-corrected chi connectivity index (χ1v) is 6.39. The number of nitrogens with zero attached hydrogens (tertiary/aromatic N) is 1. The minimum Gasteiger partial charge on any atom is -0.445 e. The van der Waals surface area contributed by atoms with Crippen LogP contribution in [0.15, 0.2) is 30.3 Å². The van der Waals surface area contributed by atoms with Crippen molar-refractivity contribution in [2.45, 2.75) is 38.8 Å². The Labute approximate surface area is 109 Å². The van der Waals surface area contributed by atoms with Crippen LogP contribution in [-0.4, -0.2) is 23.1 Å². The van der Waals surface area contributed by atoms with E-state index in [2.05, 4.69) is 20.3 Å². The topological polar surface area (TPSA) is 29.5 Å². The van der Waals surface area contributed by atoms with Crippen LogP contribution in [0.2, 0.25) is 0 Å². The summed E-state index contributed by atoms with van der Waals surface area (Å²) in [6.07, 6.45) is 3.90. The third kappa shape index (κ3) is 3.03. The molecule has 0 atom stereocenters. The predicted molar refractivity (Wildman–Crippen MR) is 70.9 cm³/mol. The van der Waals surface area contributed by atoms with E-state index in [1.165, 1.54) is 0 Å². The van der Waals surface area contributed by atoms with Crippen LogP contribution in [0.3, 0.4) is 0 Å². The second kappa shape index (κ2) is 5.42. The molecule has 2 rings (SSSR count). The number of benzene rings is 1. The van der Waals surface area contributed by atoms with Gasteiger partial charge in [0, 0.05) is 12.1 Å². The highest BCUT2D eigenvalue weighted by Crippen LogP contribution is 2.27. The molecule has 3 nitrogen and oxygen atoms in total. The number of amides is 1. The molecule has 0 unspecified atom stereocenters. The lowest BCUT2D eigenvalue weighted by molar-refractivity contribution is 0.0485. The van der Waals surface area contributed by atoms with Gasteiger partial charge in [-0.2, -0.15) is 0 Å². The molecule has 0 saturated carbocycles. The standard InChI is InChI=1S/C15H20NO2/c1-15(2)10-6-7-11-16(15)14(17)18-12-13-8-4-3-5-9-13/h3-6,8-9H,7,10-12H2,1-2H3. The zero-order chi connectivity index (χ0) is 13.0. The smallest absolute Gasteiger partial charge is 0.410 e. The van der Waals surface area contributed by atoms with Crippen LogP contribution in [-0.2, 0) is 11.3 Å². The van der Waals surface area contributed by atoms with Gasteiger partial charge in [-0.25, -0.2) is 4.79 Å². The molecule has 0 N–H and O–H groups in total. The fraction of sp³-hybridized carbons (Fsp3) is 0.467. The number of hydrogen-bond donors (Lipinski definition) is 0. The fourth-order valence-corrected chi connectivity index (χ4v) is 2.22. The van der Waals surface area contributed by atoms with Gasteiger partial charge in [-0.1, -0.05) is 30.3 Å². The molecule has 1 aromatic carbocycles. The highest BCUT2D eigenvalue weighted by Gasteiger charge is 2.34. The van der Waals surface area contributed by atoms with Crippen molar-refractivity contribution >= 4 is 6.09 Å². The lowest BCUT2D eigenvalue weighted by atomic mass is 9.91. The van der Waals surface area contributed by atoms with Gasteiger partial charge in [-0.3, -0.25) is 0 Å². The van der Waals surface area contributed by atoms with Gasteiger partial charge in [0.15, 0.2) is 0 Å². The molecule has 0 aliphatic carbocycles. The maximum absolute atomic E-state index is 12.1. The minimum atomic E-state index is -0.211. The molecular formula is C15H20NO2. The molecule has 1 heterocycles. The fourth-order valence-electron chi connectivity index (χ4n) is 2.22. The van der Waals surface area contributed by atoms with E-state index in [9.17, 15) is 4.79 Å². The third-order valence-electron chi connectivity index (χ3n) is 3.36. The molecule has 1 aliphatic rings. The third-order valence-corrected chi connectivity index (χ3v) is 3.36. The molecule has 1 saturated heterocycles. The number of ether oxygens (including phenoxy) is 1. The Morgan fingerprint density at radius 2 is 2.06 bits per heavy atom. The van der Waals surface area contributed by atoms with Crippen molar-refractivity contribution in [3.05, 3.63) is 42.3 Å². The molecule has 0 bridgehead atoms. The molecule has 1 radical (unpaired) electrons. The average molecular weight is 246 g/mol. The van der Waals surface area contributed by atoms with Crippen LogP contribution in [0.1, 0.15) is 32.3 Å². The molecule has 18 heavy (non-hydrogen) atoms. The van der Waals surface area contributed by atoms with Crippen molar-refractivity contribution in [1.82, 2.24) is 4.90 Å². The number of hydrogen-bond acceptors (Lipinski definition) is 2. The molecule has 97 valence electrons. The van der Waals surface area contributed by atoms with Crippen molar-refractivity contribution in [2.75, 3.05) is 6.54 Å². The van der Waals surface area contributed by atoms with E-state index in [0.29, 0.717) is 6.61 Å². The summed E-state index contributed by atoms with van der Waals surface area (Å²) in [6, 6.07) is 9.77. The summed E-state index contributed by atoms with van der Waals surface area (Å²) in [5.74, 6) is 0. The molecule has 3 heteroatoms. The molecule has 1 fully saturated rings. The highest BCUT2D eigenvalue weighted by molar-refractivity contribution is 5.69. The van der Waals surface area contributed by atoms with Crippen molar-refractivity contribution in [3.63, 3.8) is 0 Å². The van der Waals surface area contributed by atoms with Crippen molar-refractivity contribution in [2.24, 2.45) is 0 Å². The zero-order valence-corrected chi connectivity index (χ0v) is 11.1. The minimum absolute atomic E-state index is 0.133. The number of likely N-dealkylation sites (tertiary alicyclic amines) is 1. The van der Waals surface area contributed by atoms with Gasteiger partial charge < -0.3 is 9.64 Å². The largest absolute Gasteiger partial charge is 0.445 e. The van der Waals surface area contributed by atoms with Crippen LogP contribution in [0.25, 0.3) is 0 Å². The Kier molecular flexibility index (Phi) is 3.90. The van der Waals surface area contributed by atoms with Crippen molar-refractivity contribution in [1.29, 1.82) is 0 Å². The summed E-state index contributed by atoms with van der Waals surface area (Å²) in [5.41, 5.74) is 0.888. The number of carbonyl (C=O) groups is 1. The first-order valence-electron chi connectivity index (χ1n) is 6.39. The van der Waals surface area contributed by atoms with Crippen molar-refractivity contribution in [3.8, 4) is 0 Å². The van der Waals surface area contributed by atoms with Crippen molar-refractivity contribution < 1.29 is 9.53 Å². The van der Waals surface area contributed by atoms with E-state index < -0.39 is 0 Å². The van der Waals surface area contributed by atoms with Gasteiger partial charge in [0.1, 0.15) is 6.61 Å². The maximum Gasteiger partial charge on any atom is 0.410 e. The van der Waals surface area contributed by atoms with Gasteiger partial charge in [0.05, 0.1) is 0 Å². The Bertz CT molecular complexity index is 400. The van der Waals surface area contributed by atoms with Gasteiger partial charge in [-0.15, -0.1) is 0 Å². The molecular weight excluding hydrogens is 226 g/mol. The summed E-state index contributed by atoms with van der Waals surface area (Å²) >= 11 is 0. The van der Waals surface area contributed by atoms with Gasteiger partial charge in [0.25, 0.3) is 0 Å². The summed E-state index contributed by atoms with van der Waals surface area (Å²) in [6.45, 7) is 5.25. The summed E-state index contributed by atoms with van der Waals surface area (Å²) in [4.78, 5) is 13.9. The molecule has 1 amide bonds. The van der Waals surface area contributed by atoms with E-state index in [-0.39, 0.29) is 11.6 Å². The summed E-state index contributed by atoms with van der Waals surface area (Å²) < 4.78 is 5.38. The quantitative estimate of drug-likeness (QED) is 0.800. The SMILES string of the molecule is CC1(C)C[CH]CCN1C(=O)OCc1ccccc1. The number of carbonyl (C=O) groups excluding carboxylic acids is 1. The second-order valence-electron chi connectivity index (χ2n) is 5.29. The Hall–Kier alpha value is -1.51. The van der Waals surface area contributed by atoms with Crippen LogP contribution in [0.5, 0.6) is 0 Å². The zero-order valence-electron chi connectivity index (χ0n) is 11.1. The molecule has 0 aromatic heterocycles. The molecule has 1 aliphatic heterocycles. The Morgan fingerprint density at radius 3 is 2.72 bits per heavy atom. The second-order valence-corrected chi connectivity index (χ2v) is 5.29. The number of piperidine rings is 1. The van der Waals surface area contributed by atoms with E-state index >= 15 is 0 Å². The van der Waals surface area contributed by atoms with E-state index in [1.807, 2.05) is 35.2 Å². The van der Waals surface area contributed by atoms with Crippen LogP contribution in [0.4, 0.5) is 4.79 Å². The van der Waals surface area contributed by atoms with Gasteiger partial charge in [0.2, 0.25) is 0 Å². The summed E-state index contributed by atoms with van der Waals surface area (Å²) in [5, 5.41) is 0. The Balaban J connectivity index is 1.91. The highest BCUT2D eigenvalue weighted by atomic mass is 16.6. The normalized spacial score (nSPS) is 18.4. The predicted octanol–water partition coefficient (Wildman–Crippen LogP) is 3.40.